The Morgan fingerprint density at radius 2 is 2.19 bits per heavy atom. The Morgan fingerprint density at radius 1 is 1.41 bits per heavy atom. The van der Waals surface area contributed by atoms with E-state index >= 15 is 0 Å². The van der Waals surface area contributed by atoms with Gasteiger partial charge < -0.3 is 15.2 Å². The van der Waals surface area contributed by atoms with E-state index < -0.39 is 0 Å². The van der Waals surface area contributed by atoms with Crippen molar-refractivity contribution in [2.75, 3.05) is 20.1 Å². The molecule has 0 atom stereocenters. The van der Waals surface area contributed by atoms with Crippen molar-refractivity contribution < 1.29 is 4.52 Å². The fourth-order valence-electron chi connectivity index (χ4n) is 3.12. The Labute approximate surface area is 182 Å². The van der Waals surface area contributed by atoms with Crippen LogP contribution in [-0.4, -0.2) is 42.2 Å². The second-order valence-electron chi connectivity index (χ2n) is 7.12. The highest BCUT2D eigenvalue weighted by atomic mass is 127. The molecule has 2 aromatic heterocycles. The van der Waals surface area contributed by atoms with Crippen LogP contribution in [0.15, 0.2) is 32.4 Å². The molecule has 0 radical (unpaired) electrons. The zero-order chi connectivity index (χ0) is 18.4. The first-order valence-corrected chi connectivity index (χ1v) is 10.2. The summed E-state index contributed by atoms with van der Waals surface area (Å²) < 4.78 is 5.37. The SMILES string of the molecule is CN=C(NCc1cc(C(C)C)no1)NC1CCN(Cc2ccsc2)CC1.I. The Kier molecular flexibility index (Phi) is 9.04. The number of rotatable bonds is 6. The van der Waals surface area contributed by atoms with Gasteiger partial charge in [-0.3, -0.25) is 9.89 Å². The fraction of sp³-hybridized carbons (Fsp3) is 0.579. The molecule has 150 valence electrons. The second kappa shape index (κ2) is 11.0. The minimum atomic E-state index is 0. The standard InChI is InChI=1S/C19H29N5OS.HI/c1-14(2)18-10-17(25-23-18)11-21-19(20-3)22-16-4-7-24(8-5-16)12-15-6-9-26-13-15;/h6,9-10,13-14,16H,4-5,7-8,11-12H2,1-3H3,(H2,20,21,22);1H. The molecule has 1 saturated heterocycles. The summed E-state index contributed by atoms with van der Waals surface area (Å²) in [5, 5.41) is 15.3. The zero-order valence-corrected chi connectivity index (χ0v) is 19.4. The van der Waals surface area contributed by atoms with E-state index in [1.165, 1.54) is 5.56 Å². The van der Waals surface area contributed by atoms with Crippen molar-refractivity contribution in [3.05, 3.63) is 39.9 Å². The average molecular weight is 503 g/mol. The topological polar surface area (TPSA) is 65.7 Å². The van der Waals surface area contributed by atoms with Gasteiger partial charge in [-0.25, -0.2) is 0 Å². The first-order chi connectivity index (χ1) is 12.6. The van der Waals surface area contributed by atoms with Crippen molar-refractivity contribution >= 4 is 41.3 Å². The van der Waals surface area contributed by atoms with Crippen LogP contribution in [0, 0.1) is 0 Å². The number of piperidine rings is 1. The first-order valence-electron chi connectivity index (χ1n) is 9.30. The molecule has 3 heterocycles. The van der Waals surface area contributed by atoms with E-state index in [0.29, 0.717) is 18.5 Å². The Balaban J connectivity index is 0.00000261. The molecule has 1 aliphatic heterocycles. The van der Waals surface area contributed by atoms with Gasteiger partial charge >= 0.3 is 0 Å². The minimum absolute atomic E-state index is 0. The average Bonchev–Trinajstić information content (AvgIpc) is 3.32. The third-order valence-corrected chi connectivity index (χ3v) is 5.47. The molecule has 0 unspecified atom stereocenters. The molecular weight excluding hydrogens is 473 g/mol. The monoisotopic (exact) mass is 503 g/mol. The number of hydrogen-bond donors (Lipinski definition) is 2. The van der Waals surface area contributed by atoms with Crippen LogP contribution in [0.25, 0.3) is 0 Å². The van der Waals surface area contributed by atoms with E-state index in [9.17, 15) is 0 Å². The van der Waals surface area contributed by atoms with Gasteiger partial charge in [0.15, 0.2) is 11.7 Å². The number of hydrogen-bond acceptors (Lipinski definition) is 5. The minimum Gasteiger partial charge on any atom is -0.359 e. The summed E-state index contributed by atoms with van der Waals surface area (Å²) in [4.78, 5) is 6.87. The quantitative estimate of drug-likeness (QED) is 0.357. The molecule has 27 heavy (non-hydrogen) atoms. The third kappa shape index (κ3) is 6.76. The summed E-state index contributed by atoms with van der Waals surface area (Å²) in [6.07, 6.45) is 2.26. The molecule has 2 aromatic rings. The molecule has 3 rings (SSSR count). The number of aliphatic imine (C=N–C) groups is 1. The predicted octanol–water partition coefficient (Wildman–Crippen LogP) is 3.81. The first kappa shape index (κ1) is 22.2. The van der Waals surface area contributed by atoms with Gasteiger partial charge in [-0.2, -0.15) is 11.3 Å². The fourth-order valence-corrected chi connectivity index (χ4v) is 3.78. The number of likely N-dealkylation sites (tertiary alicyclic amines) is 1. The summed E-state index contributed by atoms with van der Waals surface area (Å²) in [6, 6.07) is 4.68. The van der Waals surface area contributed by atoms with Crippen LogP contribution in [0.3, 0.4) is 0 Å². The van der Waals surface area contributed by atoms with Crippen molar-refractivity contribution in [2.45, 2.75) is 51.7 Å². The number of aromatic nitrogens is 1. The van der Waals surface area contributed by atoms with Crippen molar-refractivity contribution in [2.24, 2.45) is 4.99 Å². The summed E-state index contributed by atoms with van der Waals surface area (Å²) in [5.74, 6) is 2.04. The molecule has 1 aliphatic rings. The number of nitrogens with zero attached hydrogens (tertiary/aromatic N) is 3. The van der Waals surface area contributed by atoms with Crippen LogP contribution in [0.1, 0.15) is 49.6 Å². The van der Waals surface area contributed by atoms with Crippen LogP contribution in [-0.2, 0) is 13.1 Å². The van der Waals surface area contributed by atoms with Gasteiger partial charge in [0.2, 0.25) is 0 Å². The lowest BCUT2D eigenvalue weighted by molar-refractivity contribution is 0.198. The molecule has 2 N–H and O–H groups in total. The van der Waals surface area contributed by atoms with Gasteiger partial charge in [-0.05, 0) is 41.1 Å². The molecule has 8 heteroatoms. The van der Waals surface area contributed by atoms with Crippen LogP contribution < -0.4 is 10.6 Å². The van der Waals surface area contributed by atoms with Gasteiger partial charge in [0.25, 0.3) is 0 Å². The van der Waals surface area contributed by atoms with Crippen LogP contribution in [0.4, 0.5) is 0 Å². The number of halogens is 1. The van der Waals surface area contributed by atoms with E-state index in [1.807, 2.05) is 6.07 Å². The smallest absolute Gasteiger partial charge is 0.191 e. The van der Waals surface area contributed by atoms with Gasteiger partial charge in [-0.1, -0.05) is 19.0 Å². The maximum Gasteiger partial charge on any atom is 0.191 e. The van der Waals surface area contributed by atoms with E-state index in [4.69, 9.17) is 4.52 Å². The van der Waals surface area contributed by atoms with Crippen LogP contribution in [0.5, 0.6) is 0 Å². The van der Waals surface area contributed by atoms with Gasteiger partial charge in [0, 0.05) is 38.8 Å². The van der Waals surface area contributed by atoms with Crippen LogP contribution in [0.2, 0.25) is 0 Å². The summed E-state index contributed by atoms with van der Waals surface area (Å²) in [7, 11) is 1.81. The lowest BCUT2D eigenvalue weighted by atomic mass is 10.0. The van der Waals surface area contributed by atoms with Gasteiger partial charge in [-0.15, -0.1) is 24.0 Å². The molecule has 1 fully saturated rings. The maximum atomic E-state index is 5.37. The Morgan fingerprint density at radius 3 is 2.78 bits per heavy atom. The summed E-state index contributed by atoms with van der Waals surface area (Å²) in [6.45, 7) is 8.11. The van der Waals surface area contributed by atoms with Crippen molar-refractivity contribution in [1.82, 2.24) is 20.7 Å². The van der Waals surface area contributed by atoms with Crippen molar-refractivity contribution in [1.29, 1.82) is 0 Å². The highest BCUT2D eigenvalue weighted by molar-refractivity contribution is 14.0. The molecule has 0 aliphatic carbocycles. The molecule has 6 nitrogen and oxygen atoms in total. The lowest BCUT2D eigenvalue weighted by Gasteiger charge is -2.32. The second-order valence-corrected chi connectivity index (χ2v) is 7.90. The van der Waals surface area contributed by atoms with Gasteiger partial charge in [0.05, 0.1) is 12.2 Å². The Bertz CT molecular complexity index is 693. The number of guanidine groups is 1. The largest absolute Gasteiger partial charge is 0.359 e. The molecule has 0 bridgehead atoms. The molecule has 0 aromatic carbocycles. The molecule has 0 spiro atoms. The highest BCUT2D eigenvalue weighted by Crippen LogP contribution is 2.16. The molecular formula is C19H30IN5OS. The van der Waals surface area contributed by atoms with Crippen molar-refractivity contribution in [3.8, 4) is 0 Å². The maximum absolute atomic E-state index is 5.37. The molecule has 0 saturated carbocycles. The number of nitrogens with one attached hydrogen (secondary N) is 2. The normalized spacial score (nSPS) is 16.4. The summed E-state index contributed by atoms with van der Waals surface area (Å²) >= 11 is 1.77. The van der Waals surface area contributed by atoms with E-state index in [0.717, 1.165) is 49.9 Å². The van der Waals surface area contributed by atoms with Gasteiger partial charge in [0.1, 0.15) is 0 Å². The van der Waals surface area contributed by atoms with Crippen molar-refractivity contribution in [3.63, 3.8) is 0 Å². The predicted molar refractivity (Wildman–Crippen MR) is 122 cm³/mol. The third-order valence-electron chi connectivity index (χ3n) is 4.74. The number of thiophene rings is 1. The van der Waals surface area contributed by atoms with E-state index in [1.54, 1.807) is 18.4 Å². The molecule has 0 amide bonds. The van der Waals surface area contributed by atoms with Crippen LogP contribution >= 0.6 is 35.3 Å². The summed E-state index contributed by atoms with van der Waals surface area (Å²) in [5.41, 5.74) is 2.41. The highest BCUT2D eigenvalue weighted by Gasteiger charge is 2.20. The zero-order valence-electron chi connectivity index (χ0n) is 16.3. The van der Waals surface area contributed by atoms with E-state index in [-0.39, 0.29) is 24.0 Å². The lowest BCUT2D eigenvalue weighted by Crippen LogP contribution is -2.48. The Hall–Kier alpha value is -1.13. The van der Waals surface area contributed by atoms with E-state index in [2.05, 4.69) is 56.4 Å².